The van der Waals surface area contributed by atoms with Crippen molar-refractivity contribution >= 4 is 62.1 Å². The van der Waals surface area contributed by atoms with E-state index in [1.807, 2.05) is 19.1 Å². The molecule has 2 amide bonds. The minimum Gasteiger partial charge on any atom is -0.450 e. The standard InChI is InChI=1S/C16H11BrN2O3S2/c1-9-4-2-3-5-11(9)14(20)18-19-15(21)12(24-16(19)23)8-10-6-7-13(17)22-10/h2-8H,1H3,(H,18,20)/b12-8-. The molecule has 5 nitrogen and oxygen atoms in total. The van der Waals surface area contributed by atoms with Crippen LogP contribution in [0.1, 0.15) is 21.7 Å². The van der Waals surface area contributed by atoms with Crippen molar-refractivity contribution in [3.05, 3.63) is 62.9 Å². The minimum absolute atomic E-state index is 0.263. The van der Waals surface area contributed by atoms with Crippen molar-refractivity contribution < 1.29 is 14.0 Å². The highest BCUT2D eigenvalue weighted by atomic mass is 79.9. The lowest BCUT2D eigenvalue weighted by atomic mass is 10.1. The molecule has 3 rings (SSSR count). The van der Waals surface area contributed by atoms with E-state index < -0.39 is 0 Å². The molecule has 0 bridgehead atoms. The molecule has 1 aromatic heterocycles. The summed E-state index contributed by atoms with van der Waals surface area (Å²) in [5.41, 5.74) is 3.87. The maximum absolute atomic E-state index is 12.5. The predicted molar refractivity (Wildman–Crippen MR) is 100 cm³/mol. The first-order valence-electron chi connectivity index (χ1n) is 6.85. The molecule has 0 spiro atoms. The van der Waals surface area contributed by atoms with Gasteiger partial charge in [-0.25, -0.2) is 0 Å². The summed E-state index contributed by atoms with van der Waals surface area (Å²) in [4.78, 5) is 25.2. The zero-order chi connectivity index (χ0) is 17.3. The number of carbonyl (C=O) groups excluding carboxylic acids is 2. The van der Waals surface area contributed by atoms with E-state index in [4.69, 9.17) is 16.6 Å². The second-order valence-corrected chi connectivity index (χ2v) is 7.37. The fraction of sp³-hybridized carbons (Fsp3) is 0.0625. The number of aryl methyl sites for hydroxylation is 1. The molecular weight excluding hydrogens is 412 g/mol. The number of thioether (sulfide) groups is 1. The number of amides is 2. The Balaban J connectivity index is 1.79. The number of benzene rings is 1. The molecule has 1 aliphatic rings. The first kappa shape index (κ1) is 16.9. The second kappa shape index (κ2) is 6.92. The third-order valence-electron chi connectivity index (χ3n) is 3.26. The summed E-state index contributed by atoms with van der Waals surface area (Å²) >= 11 is 9.50. The summed E-state index contributed by atoms with van der Waals surface area (Å²) in [5.74, 6) is -0.251. The number of halogens is 1. The summed E-state index contributed by atoms with van der Waals surface area (Å²) in [6.07, 6.45) is 1.59. The Morgan fingerprint density at radius 2 is 2.08 bits per heavy atom. The van der Waals surface area contributed by atoms with Crippen LogP contribution in [0, 0.1) is 6.92 Å². The van der Waals surface area contributed by atoms with Gasteiger partial charge in [0.25, 0.3) is 11.8 Å². The molecule has 122 valence electrons. The van der Waals surface area contributed by atoms with E-state index in [0.29, 0.717) is 20.9 Å². The van der Waals surface area contributed by atoms with E-state index in [9.17, 15) is 9.59 Å². The third kappa shape index (κ3) is 3.45. The summed E-state index contributed by atoms with van der Waals surface area (Å²) < 4.78 is 6.19. The molecule has 2 aromatic rings. The number of nitrogens with one attached hydrogen (secondary N) is 1. The van der Waals surface area contributed by atoms with Gasteiger partial charge in [-0.2, -0.15) is 5.01 Å². The lowest BCUT2D eigenvalue weighted by Crippen LogP contribution is -2.45. The molecule has 0 saturated carbocycles. The zero-order valence-electron chi connectivity index (χ0n) is 12.4. The van der Waals surface area contributed by atoms with Crippen molar-refractivity contribution in [1.29, 1.82) is 0 Å². The Morgan fingerprint density at radius 1 is 1.33 bits per heavy atom. The van der Waals surface area contributed by atoms with Crippen molar-refractivity contribution in [3.8, 4) is 0 Å². The summed E-state index contributed by atoms with van der Waals surface area (Å²) in [5, 5.41) is 1.08. The van der Waals surface area contributed by atoms with Gasteiger partial charge in [-0.3, -0.25) is 15.0 Å². The molecule has 1 aliphatic heterocycles. The van der Waals surface area contributed by atoms with Crippen LogP contribution in [0.15, 0.2) is 50.4 Å². The second-order valence-electron chi connectivity index (χ2n) is 4.91. The molecule has 0 radical (unpaired) electrons. The molecule has 1 saturated heterocycles. The van der Waals surface area contributed by atoms with Crippen LogP contribution in [-0.2, 0) is 4.79 Å². The van der Waals surface area contributed by atoms with E-state index in [1.54, 1.807) is 30.3 Å². The molecule has 8 heteroatoms. The van der Waals surface area contributed by atoms with Gasteiger partial charge >= 0.3 is 0 Å². The van der Waals surface area contributed by atoms with Crippen LogP contribution < -0.4 is 5.43 Å². The average molecular weight is 423 g/mol. The Labute approximate surface area is 156 Å². The molecule has 0 atom stereocenters. The number of furan rings is 1. The Bertz CT molecular complexity index is 876. The highest BCUT2D eigenvalue weighted by molar-refractivity contribution is 9.10. The van der Waals surface area contributed by atoms with Crippen LogP contribution in [0.25, 0.3) is 6.08 Å². The van der Waals surface area contributed by atoms with Crippen molar-refractivity contribution in [2.75, 3.05) is 0 Å². The molecule has 1 aromatic carbocycles. The van der Waals surface area contributed by atoms with Gasteiger partial charge in [0.15, 0.2) is 8.99 Å². The number of rotatable bonds is 3. The molecule has 24 heavy (non-hydrogen) atoms. The Kier molecular flexibility index (Phi) is 4.88. The third-order valence-corrected chi connectivity index (χ3v) is 4.99. The van der Waals surface area contributed by atoms with Crippen LogP contribution in [0.3, 0.4) is 0 Å². The lowest BCUT2D eigenvalue weighted by Gasteiger charge is -2.16. The van der Waals surface area contributed by atoms with Crippen molar-refractivity contribution in [2.24, 2.45) is 0 Å². The molecule has 0 aliphatic carbocycles. The van der Waals surface area contributed by atoms with Crippen molar-refractivity contribution in [2.45, 2.75) is 6.92 Å². The zero-order valence-corrected chi connectivity index (χ0v) is 15.6. The van der Waals surface area contributed by atoms with Crippen molar-refractivity contribution in [3.63, 3.8) is 0 Å². The van der Waals surface area contributed by atoms with Gasteiger partial charge in [0.1, 0.15) is 5.76 Å². The molecular formula is C16H11BrN2O3S2. The Hall–Kier alpha value is -1.90. The highest BCUT2D eigenvalue weighted by Gasteiger charge is 2.34. The molecule has 1 N–H and O–H groups in total. The predicted octanol–water partition coefficient (Wildman–Crippen LogP) is 3.90. The number of hydrazine groups is 1. The largest absolute Gasteiger partial charge is 0.450 e. The normalized spacial score (nSPS) is 16.1. The first-order chi connectivity index (χ1) is 11.5. The smallest absolute Gasteiger partial charge is 0.285 e. The van der Waals surface area contributed by atoms with Gasteiger partial charge in [0, 0.05) is 11.6 Å². The monoisotopic (exact) mass is 422 g/mol. The molecule has 2 heterocycles. The van der Waals surface area contributed by atoms with Crippen LogP contribution in [0.5, 0.6) is 0 Å². The fourth-order valence-corrected chi connectivity index (χ4v) is 3.57. The summed E-state index contributed by atoms with van der Waals surface area (Å²) in [6.45, 7) is 1.83. The van der Waals surface area contributed by atoms with Gasteiger partial charge < -0.3 is 4.42 Å². The van der Waals surface area contributed by atoms with E-state index in [-0.39, 0.29) is 16.1 Å². The number of hydrogen-bond acceptors (Lipinski definition) is 5. The fourth-order valence-electron chi connectivity index (χ4n) is 2.09. The summed E-state index contributed by atoms with van der Waals surface area (Å²) in [7, 11) is 0. The van der Waals surface area contributed by atoms with Crippen molar-refractivity contribution in [1.82, 2.24) is 10.4 Å². The Morgan fingerprint density at radius 3 is 2.75 bits per heavy atom. The first-order valence-corrected chi connectivity index (χ1v) is 8.87. The topological polar surface area (TPSA) is 62.6 Å². The number of thiocarbonyl (C=S) groups is 1. The van der Waals surface area contributed by atoms with Gasteiger partial charge in [-0.15, -0.1) is 0 Å². The maximum Gasteiger partial charge on any atom is 0.285 e. The molecule has 1 fully saturated rings. The minimum atomic E-state index is -0.389. The van der Waals surface area contributed by atoms with Crippen LogP contribution in [0.4, 0.5) is 0 Å². The lowest BCUT2D eigenvalue weighted by molar-refractivity contribution is -0.123. The van der Waals surface area contributed by atoms with Crippen LogP contribution >= 0.6 is 39.9 Å². The van der Waals surface area contributed by atoms with E-state index in [0.717, 1.165) is 22.3 Å². The number of nitrogens with zero attached hydrogens (tertiary/aromatic N) is 1. The van der Waals surface area contributed by atoms with Gasteiger partial charge in [0.2, 0.25) is 0 Å². The number of hydrogen-bond donors (Lipinski definition) is 1. The molecule has 0 unspecified atom stereocenters. The van der Waals surface area contributed by atoms with Crippen LogP contribution in [-0.4, -0.2) is 21.1 Å². The highest BCUT2D eigenvalue weighted by Crippen LogP contribution is 2.32. The van der Waals surface area contributed by atoms with E-state index in [1.165, 1.54) is 0 Å². The van der Waals surface area contributed by atoms with Gasteiger partial charge in [0.05, 0.1) is 4.91 Å². The SMILES string of the molecule is Cc1ccccc1C(=O)NN1C(=O)/C(=C/c2ccc(Br)o2)SC1=S. The average Bonchev–Trinajstić information content (AvgIpc) is 3.06. The number of carbonyl (C=O) groups is 2. The van der Waals surface area contributed by atoms with Gasteiger partial charge in [-0.1, -0.05) is 30.0 Å². The van der Waals surface area contributed by atoms with Gasteiger partial charge in [-0.05, 0) is 58.8 Å². The summed E-state index contributed by atoms with van der Waals surface area (Å²) in [6, 6.07) is 10.6. The van der Waals surface area contributed by atoms with E-state index >= 15 is 0 Å². The van der Waals surface area contributed by atoms with Crippen LogP contribution in [0.2, 0.25) is 0 Å². The maximum atomic E-state index is 12.5. The van der Waals surface area contributed by atoms with E-state index in [2.05, 4.69) is 21.4 Å². The quantitative estimate of drug-likeness (QED) is 0.600.